The third-order valence-corrected chi connectivity index (χ3v) is 4.32. The molecule has 1 aliphatic carbocycles. The molecule has 0 aromatic carbocycles. The molecule has 0 aromatic heterocycles. The lowest BCUT2D eigenvalue weighted by atomic mass is 9.76. The van der Waals surface area contributed by atoms with E-state index in [1.54, 1.807) is 0 Å². The lowest BCUT2D eigenvalue weighted by Gasteiger charge is -2.44. The fraction of sp³-hybridized carbons (Fsp3) is 0.947. The average molecular weight is 327 g/mol. The fourth-order valence-corrected chi connectivity index (χ4v) is 3.21. The zero-order valence-electron chi connectivity index (χ0n) is 16.3. The molecule has 0 atom stereocenters. The third-order valence-electron chi connectivity index (χ3n) is 4.32. The first-order valence-electron chi connectivity index (χ1n) is 9.26. The van der Waals surface area contributed by atoms with E-state index in [1.807, 2.05) is 20.8 Å². The van der Waals surface area contributed by atoms with Gasteiger partial charge in [-0.05, 0) is 64.7 Å². The molecule has 23 heavy (non-hydrogen) atoms. The van der Waals surface area contributed by atoms with Gasteiger partial charge >= 0.3 is 6.09 Å². The van der Waals surface area contributed by atoms with E-state index >= 15 is 0 Å². The summed E-state index contributed by atoms with van der Waals surface area (Å²) in [4.78, 5) is 12.1. The first-order chi connectivity index (χ1) is 10.5. The van der Waals surface area contributed by atoms with Gasteiger partial charge in [0.25, 0.3) is 0 Å². The smallest absolute Gasteiger partial charge is 0.408 e. The molecule has 1 saturated carbocycles. The summed E-state index contributed by atoms with van der Waals surface area (Å²) in [6.45, 7) is 15.6. The fourth-order valence-electron chi connectivity index (χ4n) is 3.21. The maximum Gasteiger partial charge on any atom is 0.408 e. The van der Waals surface area contributed by atoms with Crippen molar-refractivity contribution in [3.63, 3.8) is 0 Å². The molecular weight excluding hydrogens is 288 g/mol. The Morgan fingerprint density at radius 2 is 1.61 bits per heavy atom. The molecule has 4 heteroatoms. The van der Waals surface area contributed by atoms with Crippen molar-refractivity contribution < 1.29 is 9.53 Å². The molecule has 1 fully saturated rings. The summed E-state index contributed by atoms with van der Waals surface area (Å²) in [5.74, 6) is 1.37. The van der Waals surface area contributed by atoms with Gasteiger partial charge in [-0.15, -0.1) is 0 Å². The Balaban J connectivity index is 2.54. The first kappa shape index (κ1) is 20.3. The minimum atomic E-state index is -0.444. The molecule has 0 unspecified atom stereocenters. The van der Waals surface area contributed by atoms with Gasteiger partial charge in [0.15, 0.2) is 0 Å². The Labute approximate surface area is 143 Å². The molecule has 4 nitrogen and oxygen atoms in total. The van der Waals surface area contributed by atoms with Gasteiger partial charge in [-0.1, -0.05) is 27.7 Å². The highest BCUT2D eigenvalue weighted by atomic mass is 16.6. The highest BCUT2D eigenvalue weighted by Gasteiger charge is 2.39. The van der Waals surface area contributed by atoms with Crippen molar-refractivity contribution in [3.8, 4) is 0 Å². The zero-order chi connectivity index (χ0) is 17.7. The van der Waals surface area contributed by atoms with Crippen LogP contribution in [-0.2, 0) is 4.74 Å². The van der Waals surface area contributed by atoms with E-state index in [0.717, 1.165) is 19.4 Å². The minimum absolute atomic E-state index is 0.117. The van der Waals surface area contributed by atoms with Gasteiger partial charge in [0.1, 0.15) is 5.60 Å². The first-order valence-corrected chi connectivity index (χ1v) is 9.26. The Kier molecular flexibility index (Phi) is 7.37. The van der Waals surface area contributed by atoms with Crippen molar-refractivity contribution in [1.82, 2.24) is 10.6 Å². The summed E-state index contributed by atoms with van der Waals surface area (Å²) in [5.41, 5.74) is -0.561. The molecule has 136 valence electrons. The summed E-state index contributed by atoms with van der Waals surface area (Å²) in [5, 5.41) is 6.85. The van der Waals surface area contributed by atoms with Crippen LogP contribution >= 0.6 is 0 Å². The monoisotopic (exact) mass is 326 g/mol. The van der Waals surface area contributed by atoms with E-state index in [0.29, 0.717) is 17.9 Å². The van der Waals surface area contributed by atoms with Crippen molar-refractivity contribution in [2.75, 3.05) is 6.54 Å². The number of rotatable bonds is 8. The van der Waals surface area contributed by atoms with E-state index in [1.165, 1.54) is 19.3 Å². The SMILES string of the molecule is CC(C)CC(CC(C)C)NCC1(NC(=O)OC(C)(C)C)CCC1. The zero-order valence-corrected chi connectivity index (χ0v) is 16.3. The van der Waals surface area contributed by atoms with Gasteiger partial charge in [-0.2, -0.15) is 0 Å². The van der Waals surface area contributed by atoms with E-state index in [9.17, 15) is 4.79 Å². The second kappa shape index (κ2) is 8.36. The second-order valence-electron chi connectivity index (χ2n) is 9.10. The minimum Gasteiger partial charge on any atom is -0.444 e. The largest absolute Gasteiger partial charge is 0.444 e. The van der Waals surface area contributed by atoms with Gasteiger partial charge in [-0.25, -0.2) is 4.79 Å². The summed E-state index contributed by atoms with van der Waals surface area (Å²) < 4.78 is 5.43. The maximum absolute atomic E-state index is 12.1. The summed E-state index contributed by atoms with van der Waals surface area (Å²) in [6.07, 6.45) is 5.32. The number of hydrogen-bond donors (Lipinski definition) is 2. The molecule has 1 aliphatic rings. The van der Waals surface area contributed by atoms with Crippen LogP contribution in [0.5, 0.6) is 0 Å². The molecular formula is C19H38N2O2. The van der Waals surface area contributed by atoms with Gasteiger partial charge in [0.2, 0.25) is 0 Å². The van der Waals surface area contributed by atoms with Crippen molar-refractivity contribution in [3.05, 3.63) is 0 Å². The summed E-state index contributed by atoms with van der Waals surface area (Å²) in [6, 6.07) is 0.521. The molecule has 0 heterocycles. The van der Waals surface area contributed by atoms with Gasteiger partial charge in [-0.3, -0.25) is 0 Å². The van der Waals surface area contributed by atoms with Crippen LogP contribution in [0.1, 0.15) is 80.6 Å². The van der Waals surface area contributed by atoms with E-state index < -0.39 is 5.60 Å². The molecule has 0 bridgehead atoms. The highest BCUT2D eigenvalue weighted by molar-refractivity contribution is 5.69. The molecule has 0 aliphatic heterocycles. The Morgan fingerprint density at radius 1 is 1.09 bits per heavy atom. The van der Waals surface area contributed by atoms with Gasteiger partial charge in [0.05, 0.1) is 5.54 Å². The molecule has 2 N–H and O–H groups in total. The topological polar surface area (TPSA) is 50.4 Å². The normalized spacial score (nSPS) is 17.5. The van der Waals surface area contributed by atoms with Crippen molar-refractivity contribution in [2.45, 2.75) is 97.8 Å². The maximum atomic E-state index is 12.1. The van der Waals surface area contributed by atoms with Crippen molar-refractivity contribution in [1.29, 1.82) is 0 Å². The Hall–Kier alpha value is -0.770. The number of amides is 1. The Bertz CT molecular complexity index is 358. The van der Waals surface area contributed by atoms with Crippen LogP contribution in [0.25, 0.3) is 0 Å². The van der Waals surface area contributed by atoms with Crippen LogP contribution in [0.2, 0.25) is 0 Å². The molecule has 0 spiro atoms. The average Bonchev–Trinajstić information content (AvgIpc) is 2.28. The number of ether oxygens (including phenoxy) is 1. The predicted molar refractivity (Wildman–Crippen MR) is 96.7 cm³/mol. The number of alkyl carbamates (subject to hydrolysis) is 1. The van der Waals surface area contributed by atoms with Crippen LogP contribution in [0.15, 0.2) is 0 Å². The Morgan fingerprint density at radius 3 is 1.96 bits per heavy atom. The molecule has 1 rings (SSSR count). The summed E-state index contributed by atoms with van der Waals surface area (Å²) >= 11 is 0. The van der Waals surface area contributed by atoms with Crippen molar-refractivity contribution >= 4 is 6.09 Å². The van der Waals surface area contributed by atoms with Crippen LogP contribution in [0.4, 0.5) is 4.79 Å². The lowest BCUT2D eigenvalue weighted by Crippen LogP contribution is -2.61. The van der Waals surface area contributed by atoms with Gasteiger partial charge < -0.3 is 15.4 Å². The van der Waals surface area contributed by atoms with Gasteiger partial charge in [0, 0.05) is 12.6 Å². The van der Waals surface area contributed by atoms with E-state index in [4.69, 9.17) is 4.74 Å². The highest BCUT2D eigenvalue weighted by Crippen LogP contribution is 2.32. The molecule has 1 amide bonds. The van der Waals surface area contributed by atoms with Crippen molar-refractivity contribution in [2.24, 2.45) is 11.8 Å². The number of hydrogen-bond acceptors (Lipinski definition) is 3. The summed E-state index contributed by atoms with van der Waals surface area (Å²) in [7, 11) is 0. The third kappa shape index (κ3) is 8.05. The lowest BCUT2D eigenvalue weighted by molar-refractivity contribution is 0.0376. The standard InChI is InChI=1S/C19H38N2O2/c1-14(2)11-16(12-15(3)4)20-13-19(9-8-10-19)21-17(22)23-18(5,6)7/h14-16,20H,8-13H2,1-7H3,(H,21,22). The quantitative estimate of drug-likeness (QED) is 0.691. The van der Waals surface area contributed by atoms with E-state index in [2.05, 4.69) is 38.3 Å². The van der Waals surface area contributed by atoms with Crippen LogP contribution in [0.3, 0.4) is 0 Å². The van der Waals surface area contributed by atoms with Crippen LogP contribution in [-0.4, -0.2) is 29.8 Å². The van der Waals surface area contributed by atoms with E-state index in [-0.39, 0.29) is 11.6 Å². The number of carbonyl (C=O) groups is 1. The number of carbonyl (C=O) groups excluding carboxylic acids is 1. The number of nitrogens with one attached hydrogen (secondary N) is 2. The van der Waals surface area contributed by atoms with Crippen LogP contribution < -0.4 is 10.6 Å². The molecule has 0 radical (unpaired) electrons. The second-order valence-corrected chi connectivity index (χ2v) is 9.10. The molecule has 0 saturated heterocycles. The van der Waals surface area contributed by atoms with Crippen LogP contribution in [0, 0.1) is 11.8 Å². The molecule has 0 aromatic rings. The predicted octanol–water partition coefficient (Wildman–Crippen LogP) is 4.48.